The van der Waals surface area contributed by atoms with Gasteiger partial charge in [0.1, 0.15) is 5.70 Å². The number of ether oxygens (including phenoxy) is 3. The van der Waals surface area contributed by atoms with E-state index in [-0.39, 0.29) is 11.4 Å². The number of nitrogens with one attached hydrogen (secondary N) is 2. The Balaban J connectivity index is 1.85. The zero-order valence-electron chi connectivity index (χ0n) is 20.3. The lowest BCUT2D eigenvalue weighted by atomic mass is 10.1. The molecule has 0 aromatic heterocycles. The Bertz CT molecular complexity index is 1310. The fraction of sp³-hybridized carbons (Fsp3) is 0.115. The molecule has 11 heteroatoms. The normalized spacial score (nSPS) is 11.1. The monoisotopic (exact) mass is 504 g/mol. The first-order valence-corrected chi connectivity index (χ1v) is 10.8. The first-order chi connectivity index (χ1) is 17.9. The molecule has 11 nitrogen and oxygen atoms in total. The average molecular weight is 504 g/mol. The van der Waals surface area contributed by atoms with Gasteiger partial charge in [-0.25, -0.2) is 5.43 Å². The van der Waals surface area contributed by atoms with Crippen molar-refractivity contribution >= 4 is 29.8 Å². The smallest absolute Gasteiger partial charge is 0.287 e. The Morgan fingerprint density at radius 1 is 0.892 bits per heavy atom. The van der Waals surface area contributed by atoms with Crippen LogP contribution in [0.1, 0.15) is 21.5 Å². The Morgan fingerprint density at radius 3 is 2.05 bits per heavy atom. The van der Waals surface area contributed by atoms with Crippen LogP contribution in [0.2, 0.25) is 0 Å². The molecule has 2 amide bonds. The van der Waals surface area contributed by atoms with E-state index in [2.05, 4.69) is 15.8 Å². The van der Waals surface area contributed by atoms with Gasteiger partial charge in [0, 0.05) is 23.3 Å². The van der Waals surface area contributed by atoms with Crippen molar-refractivity contribution in [2.45, 2.75) is 0 Å². The van der Waals surface area contributed by atoms with Crippen LogP contribution in [0.5, 0.6) is 17.2 Å². The summed E-state index contributed by atoms with van der Waals surface area (Å²) in [5.74, 6) is -0.0148. The van der Waals surface area contributed by atoms with Crippen LogP contribution in [0, 0.1) is 10.1 Å². The van der Waals surface area contributed by atoms with Crippen molar-refractivity contribution in [1.82, 2.24) is 10.7 Å². The highest BCUT2D eigenvalue weighted by Gasteiger charge is 2.16. The topological polar surface area (TPSA) is 141 Å². The quantitative estimate of drug-likeness (QED) is 0.186. The summed E-state index contributed by atoms with van der Waals surface area (Å²) in [7, 11) is 4.44. The maximum atomic E-state index is 12.9. The third-order valence-electron chi connectivity index (χ3n) is 5.01. The van der Waals surface area contributed by atoms with E-state index in [0.29, 0.717) is 33.9 Å². The maximum absolute atomic E-state index is 12.9. The minimum atomic E-state index is -0.716. The van der Waals surface area contributed by atoms with Crippen LogP contribution < -0.4 is 25.0 Å². The van der Waals surface area contributed by atoms with Crippen LogP contribution in [0.15, 0.2) is 77.5 Å². The van der Waals surface area contributed by atoms with E-state index in [0.717, 1.165) is 0 Å². The van der Waals surface area contributed by atoms with E-state index in [1.54, 1.807) is 42.5 Å². The summed E-state index contributed by atoms with van der Waals surface area (Å²) in [6, 6.07) is 17.1. The van der Waals surface area contributed by atoms with Crippen LogP contribution in [-0.2, 0) is 4.79 Å². The summed E-state index contributed by atoms with van der Waals surface area (Å²) >= 11 is 0. The summed E-state index contributed by atoms with van der Waals surface area (Å²) in [6.45, 7) is 0. The van der Waals surface area contributed by atoms with Crippen LogP contribution >= 0.6 is 0 Å². The second kappa shape index (κ2) is 12.5. The Morgan fingerprint density at radius 2 is 1.51 bits per heavy atom. The van der Waals surface area contributed by atoms with Crippen molar-refractivity contribution in [2.24, 2.45) is 5.10 Å². The SMILES string of the molecule is COc1cc(/C=N/NC(=O)/C(=C/c2ccc([N+](=O)[O-])cc2)NC(=O)c2ccccc2)cc(OC)c1OC. The largest absolute Gasteiger partial charge is 0.493 e. The van der Waals surface area contributed by atoms with Gasteiger partial charge >= 0.3 is 0 Å². The summed E-state index contributed by atoms with van der Waals surface area (Å²) in [6.07, 6.45) is 2.75. The maximum Gasteiger partial charge on any atom is 0.287 e. The Labute approximate surface area is 212 Å². The van der Waals surface area contributed by atoms with E-state index < -0.39 is 16.7 Å². The molecule has 2 N–H and O–H groups in total. The zero-order valence-corrected chi connectivity index (χ0v) is 20.3. The van der Waals surface area contributed by atoms with Gasteiger partial charge in [0.15, 0.2) is 11.5 Å². The molecule has 0 fully saturated rings. The molecule has 0 bridgehead atoms. The average Bonchev–Trinajstić information content (AvgIpc) is 2.92. The molecule has 0 saturated heterocycles. The highest BCUT2D eigenvalue weighted by atomic mass is 16.6. The molecular weight excluding hydrogens is 480 g/mol. The lowest BCUT2D eigenvalue weighted by molar-refractivity contribution is -0.384. The van der Waals surface area contributed by atoms with Gasteiger partial charge in [-0.3, -0.25) is 19.7 Å². The van der Waals surface area contributed by atoms with Gasteiger partial charge in [0.25, 0.3) is 17.5 Å². The highest BCUT2D eigenvalue weighted by Crippen LogP contribution is 2.37. The number of hydrogen-bond acceptors (Lipinski definition) is 8. The van der Waals surface area contributed by atoms with Crippen molar-refractivity contribution in [3.63, 3.8) is 0 Å². The van der Waals surface area contributed by atoms with Gasteiger partial charge in [0.05, 0.1) is 32.5 Å². The second-order valence-electron chi connectivity index (χ2n) is 7.38. The standard InChI is InChI=1S/C26H24N4O7/c1-35-22-14-18(15-23(36-2)24(22)37-3)16-27-29-26(32)21(28-25(31)19-7-5-4-6-8-19)13-17-9-11-20(12-10-17)30(33)34/h4-16H,1-3H3,(H,28,31)(H,29,32)/b21-13-,27-16+. The summed E-state index contributed by atoms with van der Waals surface area (Å²) in [5, 5.41) is 17.5. The molecule has 0 saturated carbocycles. The van der Waals surface area contributed by atoms with Crippen LogP contribution in [0.3, 0.4) is 0 Å². The molecule has 0 aliphatic rings. The van der Waals surface area contributed by atoms with E-state index in [4.69, 9.17) is 14.2 Å². The molecule has 3 rings (SSSR count). The lowest BCUT2D eigenvalue weighted by Gasteiger charge is -2.12. The molecule has 190 valence electrons. The molecule has 0 radical (unpaired) electrons. The van der Waals surface area contributed by atoms with Crippen molar-refractivity contribution in [1.29, 1.82) is 0 Å². The summed E-state index contributed by atoms with van der Waals surface area (Å²) in [4.78, 5) is 36.0. The van der Waals surface area contributed by atoms with Crippen LogP contribution in [0.25, 0.3) is 6.08 Å². The van der Waals surface area contributed by atoms with Crippen molar-refractivity contribution in [2.75, 3.05) is 21.3 Å². The Hall–Kier alpha value is -5.19. The molecule has 0 spiro atoms. The Kier molecular flexibility index (Phi) is 8.92. The van der Waals surface area contributed by atoms with Crippen molar-refractivity contribution in [3.05, 3.63) is 99.2 Å². The molecule has 0 atom stereocenters. The molecule has 0 aliphatic carbocycles. The highest BCUT2D eigenvalue weighted by molar-refractivity contribution is 6.05. The molecule has 3 aromatic rings. The number of rotatable bonds is 10. The number of carbonyl (C=O) groups excluding carboxylic acids is 2. The fourth-order valence-electron chi connectivity index (χ4n) is 3.20. The minimum absolute atomic E-state index is 0.105. The van der Waals surface area contributed by atoms with E-state index in [9.17, 15) is 19.7 Å². The predicted octanol–water partition coefficient (Wildman–Crippen LogP) is 3.54. The molecule has 3 aromatic carbocycles. The van der Waals surface area contributed by atoms with Crippen molar-refractivity contribution in [3.8, 4) is 17.2 Å². The third kappa shape index (κ3) is 6.92. The van der Waals surface area contributed by atoms with Gasteiger partial charge in [0.2, 0.25) is 5.75 Å². The number of benzene rings is 3. The van der Waals surface area contributed by atoms with Gasteiger partial charge < -0.3 is 19.5 Å². The number of nitrogens with zero attached hydrogens (tertiary/aromatic N) is 2. The number of non-ortho nitro benzene ring substituents is 1. The molecule has 0 heterocycles. The van der Waals surface area contributed by atoms with Crippen LogP contribution in [0.4, 0.5) is 5.69 Å². The first kappa shape index (κ1) is 26.4. The minimum Gasteiger partial charge on any atom is -0.493 e. The summed E-state index contributed by atoms with van der Waals surface area (Å²) < 4.78 is 15.9. The third-order valence-corrected chi connectivity index (χ3v) is 5.01. The fourth-order valence-corrected chi connectivity index (χ4v) is 3.20. The number of nitro benzene ring substituents is 1. The summed E-state index contributed by atoms with van der Waals surface area (Å²) in [5.41, 5.74) is 3.48. The van der Waals surface area contributed by atoms with Gasteiger partial charge in [-0.15, -0.1) is 0 Å². The number of amides is 2. The molecular formula is C26H24N4O7. The second-order valence-corrected chi connectivity index (χ2v) is 7.38. The lowest BCUT2D eigenvalue weighted by Crippen LogP contribution is -2.32. The van der Waals surface area contributed by atoms with Crippen molar-refractivity contribution < 1.29 is 28.7 Å². The number of carbonyl (C=O) groups is 2. The zero-order chi connectivity index (χ0) is 26.8. The number of nitro groups is 1. The molecule has 0 unspecified atom stereocenters. The number of hydrogen-bond donors (Lipinski definition) is 2. The van der Waals surface area contributed by atoms with E-state index >= 15 is 0 Å². The van der Waals surface area contributed by atoms with Gasteiger partial charge in [-0.05, 0) is 48.0 Å². The van der Waals surface area contributed by atoms with Gasteiger partial charge in [-0.2, -0.15) is 5.10 Å². The molecule has 0 aliphatic heterocycles. The number of methoxy groups -OCH3 is 3. The predicted molar refractivity (Wildman–Crippen MR) is 137 cm³/mol. The van der Waals surface area contributed by atoms with E-state index in [1.807, 2.05) is 0 Å². The van der Waals surface area contributed by atoms with Gasteiger partial charge in [-0.1, -0.05) is 18.2 Å². The van der Waals surface area contributed by atoms with E-state index in [1.165, 1.54) is 57.9 Å². The molecule has 37 heavy (non-hydrogen) atoms. The van der Waals surface area contributed by atoms with Crippen LogP contribution in [-0.4, -0.2) is 44.3 Å². The first-order valence-electron chi connectivity index (χ1n) is 10.8. The number of hydrazone groups is 1.